The van der Waals surface area contributed by atoms with Crippen molar-refractivity contribution in [1.29, 1.82) is 0 Å². The van der Waals surface area contributed by atoms with Gasteiger partial charge in [0.1, 0.15) is 5.76 Å². The van der Waals surface area contributed by atoms with Gasteiger partial charge in [0.05, 0.1) is 0 Å². The average molecular weight is 335 g/mol. The highest BCUT2D eigenvalue weighted by atomic mass is 79.9. The Morgan fingerprint density at radius 1 is 1.30 bits per heavy atom. The highest BCUT2D eigenvalue weighted by molar-refractivity contribution is 9.10. The first-order valence-electron chi connectivity index (χ1n) is 6.75. The summed E-state index contributed by atoms with van der Waals surface area (Å²) in [6, 6.07) is 8.35. The summed E-state index contributed by atoms with van der Waals surface area (Å²) in [6.07, 6.45) is 3.65. The van der Waals surface area contributed by atoms with Gasteiger partial charge in [-0.05, 0) is 49.0 Å². The van der Waals surface area contributed by atoms with Crippen molar-refractivity contribution in [1.82, 2.24) is 0 Å². The van der Waals surface area contributed by atoms with Gasteiger partial charge in [-0.1, -0.05) is 40.2 Å². The van der Waals surface area contributed by atoms with Crippen LogP contribution in [0.3, 0.4) is 0 Å². The van der Waals surface area contributed by atoms with Gasteiger partial charge in [0, 0.05) is 17.8 Å². The van der Waals surface area contributed by atoms with Crippen molar-refractivity contribution in [2.24, 2.45) is 5.92 Å². The van der Waals surface area contributed by atoms with Crippen LogP contribution in [0.5, 0.6) is 0 Å². The van der Waals surface area contributed by atoms with Gasteiger partial charge in [-0.15, -0.1) is 0 Å². The summed E-state index contributed by atoms with van der Waals surface area (Å²) in [4.78, 5) is 11.1. The van der Waals surface area contributed by atoms with Gasteiger partial charge in [-0.3, -0.25) is 4.79 Å². The van der Waals surface area contributed by atoms with Gasteiger partial charge in [0.2, 0.25) is 0 Å². The number of ether oxygens (including phenoxy) is 1. The van der Waals surface area contributed by atoms with Crippen molar-refractivity contribution < 1.29 is 9.53 Å². The standard InChI is InChI=1S/C17H19BrO2/c1-11(2)16-9-8-15(20-12(3)19)10-17(16)13-4-6-14(18)7-5-13/h4-8,16-17H,1,9-10H2,2-3H3/t16-,17-/m0/s1. The molecule has 106 valence electrons. The molecular weight excluding hydrogens is 316 g/mol. The molecule has 0 saturated carbocycles. The van der Waals surface area contributed by atoms with E-state index in [4.69, 9.17) is 4.74 Å². The van der Waals surface area contributed by atoms with Crippen LogP contribution >= 0.6 is 15.9 Å². The van der Waals surface area contributed by atoms with Crippen LogP contribution in [-0.2, 0) is 9.53 Å². The Balaban J connectivity index is 2.27. The van der Waals surface area contributed by atoms with Crippen LogP contribution in [-0.4, -0.2) is 5.97 Å². The number of carbonyl (C=O) groups excluding carboxylic acids is 1. The monoisotopic (exact) mass is 334 g/mol. The molecule has 0 aliphatic heterocycles. The van der Waals surface area contributed by atoms with Crippen LogP contribution in [0.4, 0.5) is 0 Å². The Hall–Kier alpha value is -1.35. The molecule has 0 N–H and O–H groups in total. The van der Waals surface area contributed by atoms with Crippen LogP contribution < -0.4 is 0 Å². The van der Waals surface area contributed by atoms with Crippen LogP contribution in [0, 0.1) is 5.92 Å². The van der Waals surface area contributed by atoms with E-state index in [0.717, 1.165) is 23.1 Å². The van der Waals surface area contributed by atoms with Crippen LogP contribution in [0.1, 0.15) is 38.2 Å². The first-order chi connectivity index (χ1) is 9.47. The molecule has 2 atom stereocenters. The zero-order valence-electron chi connectivity index (χ0n) is 11.9. The number of esters is 1. The Kier molecular flexibility index (Phi) is 4.81. The van der Waals surface area contributed by atoms with Crippen molar-refractivity contribution in [2.75, 3.05) is 0 Å². The van der Waals surface area contributed by atoms with Gasteiger partial charge < -0.3 is 4.74 Å². The van der Waals surface area contributed by atoms with Crippen molar-refractivity contribution >= 4 is 21.9 Å². The summed E-state index contributed by atoms with van der Waals surface area (Å²) < 4.78 is 6.35. The summed E-state index contributed by atoms with van der Waals surface area (Å²) in [6.45, 7) is 7.63. The number of allylic oxidation sites excluding steroid dienone is 3. The third kappa shape index (κ3) is 3.60. The Morgan fingerprint density at radius 3 is 2.50 bits per heavy atom. The first-order valence-corrected chi connectivity index (χ1v) is 7.55. The molecule has 0 aromatic heterocycles. The highest BCUT2D eigenvalue weighted by Gasteiger charge is 2.29. The largest absolute Gasteiger partial charge is 0.432 e. The number of rotatable bonds is 3. The summed E-state index contributed by atoms with van der Waals surface area (Å²) in [5, 5.41) is 0. The number of hydrogen-bond acceptors (Lipinski definition) is 2. The molecule has 0 unspecified atom stereocenters. The molecule has 0 amide bonds. The number of carbonyl (C=O) groups is 1. The fourth-order valence-corrected chi connectivity index (χ4v) is 3.00. The van der Waals surface area contributed by atoms with Gasteiger partial charge >= 0.3 is 5.97 Å². The minimum absolute atomic E-state index is 0.250. The lowest BCUT2D eigenvalue weighted by Gasteiger charge is -2.31. The Labute approximate surface area is 128 Å². The van der Waals surface area contributed by atoms with Crippen molar-refractivity contribution in [3.05, 3.63) is 58.3 Å². The van der Waals surface area contributed by atoms with E-state index < -0.39 is 0 Å². The molecule has 20 heavy (non-hydrogen) atoms. The molecule has 0 heterocycles. The van der Waals surface area contributed by atoms with E-state index in [0.29, 0.717) is 11.8 Å². The van der Waals surface area contributed by atoms with E-state index in [2.05, 4.69) is 53.7 Å². The lowest BCUT2D eigenvalue weighted by Crippen LogP contribution is -2.20. The third-order valence-electron chi connectivity index (χ3n) is 3.71. The zero-order chi connectivity index (χ0) is 14.7. The van der Waals surface area contributed by atoms with E-state index in [1.165, 1.54) is 18.1 Å². The number of halogens is 1. The molecule has 1 aliphatic rings. The predicted octanol–water partition coefficient (Wildman–Crippen LogP) is 4.97. The summed E-state index contributed by atoms with van der Waals surface area (Å²) in [5.74, 6) is 1.25. The maximum Gasteiger partial charge on any atom is 0.307 e. The Morgan fingerprint density at radius 2 is 1.95 bits per heavy atom. The van der Waals surface area contributed by atoms with Crippen LogP contribution in [0.15, 0.2) is 52.7 Å². The third-order valence-corrected chi connectivity index (χ3v) is 4.24. The van der Waals surface area contributed by atoms with Gasteiger partial charge in [-0.2, -0.15) is 0 Å². The SMILES string of the molecule is C=C(C)[C@@H]1CC=C(OC(C)=O)C[C@H]1c1ccc(Br)cc1. The van der Waals surface area contributed by atoms with Crippen molar-refractivity contribution in [2.45, 2.75) is 32.6 Å². The molecule has 1 aliphatic carbocycles. The smallest absolute Gasteiger partial charge is 0.307 e. The first kappa shape index (κ1) is 15.0. The summed E-state index contributed by atoms with van der Waals surface area (Å²) >= 11 is 3.46. The zero-order valence-corrected chi connectivity index (χ0v) is 13.4. The minimum atomic E-state index is -0.250. The lowest BCUT2D eigenvalue weighted by molar-refractivity contribution is -0.137. The highest BCUT2D eigenvalue weighted by Crippen LogP contribution is 2.41. The van der Waals surface area contributed by atoms with E-state index in [1.807, 2.05) is 6.08 Å². The molecule has 2 rings (SSSR count). The molecule has 0 fully saturated rings. The predicted molar refractivity (Wildman–Crippen MR) is 84.3 cm³/mol. The molecule has 0 spiro atoms. The van der Waals surface area contributed by atoms with Gasteiger partial charge in [0.15, 0.2) is 0 Å². The topological polar surface area (TPSA) is 26.3 Å². The van der Waals surface area contributed by atoms with Crippen molar-refractivity contribution in [3.8, 4) is 0 Å². The fraction of sp³-hybridized carbons (Fsp3) is 0.353. The molecule has 3 heteroatoms. The van der Waals surface area contributed by atoms with Crippen LogP contribution in [0.25, 0.3) is 0 Å². The number of benzene rings is 1. The van der Waals surface area contributed by atoms with E-state index in [-0.39, 0.29) is 5.97 Å². The second-order valence-electron chi connectivity index (χ2n) is 5.31. The number of hydrogen-bond donors (Lipinski definition) is 0. The molecular formula is C17H19BrO2. The Bertz CT molecular complexity index is 543. The van der Waals surface area contributed by atoms with Crippen LogP contribution in [0.2, 0.25) is 0 Å². The minimum Gasteiger partial charge on any atom is -0.432 e. The summed E-state index contributed by atoms with van der Waals surface area (Å²) in [7, 11) is 0. The van der Waals surface area contributed by atoms with Gasteiger partial charge in [-0.25, -0.2) is 0 Å². The lowest BCUT2D eigenvalue weighted by atomic mass is 9.75. The molecule has 0 saturated heterocycles. The van der Waals surface area contributed by atoms with Gasteiger partial charge in [0.25, 0.3) is 0 Å². The van der Waals surface area contributed by atoms with Crippen molar-refractivity contribution in [3.63, 3.8) is 0 Å². The second-order valence-corrected chi connectivity index (χ2v) is 6.23. The summed E-state index contributed by atoms with van der Waals surface area (Å²) in [5.41, 5.74) is 2.44. The van der Waals surface area contributed by atoms with E-state index in [1.54, 1.807) is 0 Å². The van der Waals surface area contributed by atoms with E-state index in [9.17, 15) is 4.79 Å². The second kappa shape index (κ2) is 6.40. The molecule has 1 aromatic carbocycles. The maximum atomic E-state index is 11.1. The molecule has 0 bridgehead atoms. The normalized spacial score (nSPS) is 22.1. The molecule has 2 nitrogen and oxygen atoms in total. The van der Waals surface area contributed by atoms with E-state index >= 15 is 0 Å². The fourth-order valence-electron chi connectivity index (χ4n) is 2.74. The quantitative estimate of drug-likeness (QED) is 0.576. The molecule has 0 radical (unpaired) electrons. The maximum absolute atomic E-state index is 11.1. The average Bonchev–Trinajstić information content (AvgIpc) is 2.38. The molecule has 1 aromatic rings.